The number of carbonyl (C=O) groups excluding carboxylic acids is 2. The average Bonchev–Trinajstić information content (AvgIpc) is 3.71. The largest absolute Gasteiger partial charge is 0.339 e. The van der Waals surface area contributed by atoms with E-state index in [1.54, 1.807) is 22.0 Å². The smallest absolute Gasteiger partial charge is 0.322 e. The molecule has 228 valence electrons. The van der Waals surface area contributed by atoms with Crippen molar-refractivity contribution in [3.05, 3.63) is 48.5 Å². The maximum atomic E-state index is 13.6. The molecule has 2 atom stereocenters. The van der Waals surface area contributed by atoms with Crippen LogP contribution >= 0.6 is 0 Å². The number of aromatic amines is 1. The van der Waals surface area contributed by atoms with Crippen LogP contribution in [-0.4, -0.2) is 66.6 Å². The van der Waals surface area contributed by atoms with Gasteiger partial charge in [-0.1, -0.05) is 6.07 Å². The number of aryl methyl sites for hydroxylation is 1. The van der Waals surface area contributed by atoms with Crippen molar-refractivity contribution in [1.82, 2.24) is 45.5 Å². The van der Waals surface area contributed by atoms with Crippen molar-refractivity contribution in [1.29, 1.82) is 0 Å². The van der Waals surface area contributed by atoms with Gasteiger partial charge in [0, 0.05) is 54.1 Å². The number of benzene rings is 1. The number of pyridine rings is 1. The molecule has 2 aliphatic rings. The summed E-state index contributed by atoms with van der Waals surface area (Å²) in [6, 6.07) is 4.63. The molecule has 4 aromatic heterocycles. The summed E-state index contributed by atoms with van der Waals surface area (Å²) in [5, 5.41) is 18.7. The summed E-state index contributed by atoms with van der Waals surface area (Å²) in [5.74, 6) is 0. The Morgan fingerprint density at radius 3 is 2.68 bits per heavy atom. The Kier molecular flexibility index (Phi) is 6.70. The van der Waals surface area contributed by atoms with E-state index < -0.39 is 25.0 Å². The number of nitrogens with one attached hydrogen (secondary N) is 4. The summed E-state index contributed by atoms with van der Waals surface area (Å²) < 4.78 is 29.0. The minimum Gasteiger partial charge on any atom is -0.339 e. The van der Waals surface area contributed by atoms with Crippen LogP contribution in [-0.2, 0) is 13.6 Å². The first kappa shape index (κ1) is 27.8. The molecule has 44 heavy (non-hydrogen) atoms. The van der Waals surface area contributed by atoms with Crippen LogP contribution in [0.3, 0.4) is 0 Å². The van der Waals surface area contributed by atoms with Crippen LogP contribution in [0.2, 0.25) is 0 Å². The van der Waals surface area contributed by atoms with E-state index in [2.05, 4.69) is 63.2 Å². The van der Waals surface area contributed by atoms with E-state index in [4.69, 9.17) is 4.98 Å². The number of halogens is 2. The monoisotopic (exact) mass is 602 g/mol. The minimum absolute atomic E-state index is 0.196. The fraction of sp³-hybridized carbons (Fsp3) is 0.367. The second kappa shape index (κ2) is 10.6. The zero-order valence-corrected chi connectivity index (χ0v) is 24.4. The number of fused-ring (bicyclic) bond motifs is 4. The molecular weight excluding hydrogens is 570 g/mol. The van der Waals surface area contributed by atoms with E-state index in [1.165, 1.54) is 0 Å². The molecule has 12 nitrogen and oxygen atoms in total. The second-order valence-electron chi connectivity index (χ2n) is 11.6. The molecule has 1 aliphatic carbocycles. The van der Waals surface area contributed by atoms with Gasteiger partial charge in [-0.2, -0.15) is 10.2 Å². The van der Waals surface area contributed by atoms with E-state index in [0.717, 1.165) is 44.2 Å². The van der Waals surface area contributed by atoms with E-state index in [0.29, 0.717) is 30.7 Å². The van der Waals surface area contributed by atoms with Crippen molar-refractivity contribution in [3.8, 4) is 22.4 Å². The first-order chi connectivity index (χ1) is 21.2. The quantitative estimate of drug-likeness (QED) is 0.214. The summed E-state index contributed by atoms with van der Waals surface area (Å²) in [7, 11) is 1.85. The minimum atomic E-state index is -2.65. The Morgan fingerprint density at radius 2 is 1.98 bits per heavy atom. The van der Waals surface area contributed by atoms with E-state index >= 15 is 0 Å². The Balaban J connectivity index is 1.39. The molecule has 5 aromatic rings. The Hall–Kier alpha value is -5.01. The van der Waals surface area contributed by atoms with Crippen LogP contribution in [0.5, 0.6) is 0 Å². The summed E-state index contributed by atoms with van der Waals surface area (Å²) >= 11 is 0. The number of urea groups is 2. The number of carbonyl (C=O) groups is 2. The highest BCUT2D eigenvalue weighted by molar-refractivity contribution is 6.14. The predicted octanol–water partition coefficient (Wildman–Crippen LogP) is 4.69. The number of hydrogen-bond acceptors (Lipinski definition) is 5. The number of nitrogens with zero attached hydrogens (tertiary/aromatic N) is 6. The zero-order valence-electron chi connectivity index (χ0n) is 24.4. The van der Waals surface area contributed by atoms with Gasteiger partial charge in [-0.25, -0.2) is 23.4 Å². The molecule has 1 saturated carbocycles. The van der Waals surface area contributed by atoms with Gasteiger partial charge in [0.15, 0.2) is 0 Å². The number of aromatic nitrogens is 6. The molecule has 4 N–H and O–H groups in total. The van der Waals surface area contributed by atoms with Crippen LogP contribution in [0.1, 0.15) is 38.3 Å². The van der Waals surface area contributed by atoms with Crippen LogP contribution < -0.4 is 20.9 Å². The number of amides is 4. The molecule has 4 amide bonds. The lowest BCUT2D eigenvalue weighted by atomic mass is 9.83. The Labute approximate surface area is 250 Å². The average molecular weight is 603 g/mol. The van der Waals surface area contributed by atoms with Crippen molar-refractivity contribution < 1.29 is 18.4 Å². The fourth-order valence-corrected chi connectivity index (χ4v) is 6.28. The Bertz CT molecular complexity index is 1910. The van der Waals surface area contributed by atoms with Crippen LogP contribution in [0.4, 0.5) is 24.1 Å². The highest BCUT2D eigenvalue weighted by atomic mass is 19.3. The van der Waals surface area contributed by atoms with E-state index in [9.17, 15) is 18.4 Å². The van der Waals surface area contributed by atoms with Crippen LogP contribution in [0, 0.1) is 0 Å². The molecule has 0 bridgehead atoms. The predicted molar refractivity (Wildman–Crippen MR) is 161 cm³/mol. The third-order valence-electron chi connectivity index (χ3n) is 8.43. The van der Waals surface area contributed by atoms with Crippen molar-refractivity contribution in [2.75, 3.05) is 11.4 Å². The van der Waals surface area contributed by atoms with Crippen LogP contribution in [0.25, 0.3) is 44.3 Å². The first-order valence-corrected chi connectivity index (χ1v) is 14.6. The number of rotatable bonds is 7. The van der Waals surface area contributed by atoms with Crippen molar-refractivity contribution in [2.45, 2.75) is 57.8 Å². The van der Waals surface area contributed by atoms with Gasteiger partial charge in [-0.15, -0.1) is 0 Å². The number of hydrogen-bond donors (Lipinski definition) is 4. The summed E-state index contributed by atoms with van der Waals surface area (Å²) in [5.41, 5.74) is 6.62. The maximum Gasteiger partial charge on any atom is 0.322 e. The molecule has 0 spiro atoms. The number of anilines is 1. The lowest BCUT2D eigenvalue weighted by molar-refractivity contribution is 0.144. The third kappa shape index (κ3) is 4.61. The van der Waals surface area contributed by atoms with Gasteiger partial charge in [0.25, 0.3) is 6.43 Å². The first-order valence-electron chi connectivity index (χ1n) is 14.6. The lowest BCUT2D eigenvalue weighted by Crippen LogP contribution is -2.63. The molecule has 1 fully saturated rings. The zero-order chi connectivity index (χ0) is 30.7. The topological polar surface area (TPSA) is 138 Å². The van der Waals surface area contributed by atoms with Gasteiger partial charge in [0.1, 0.15) is 5.65 Å². The Morgan fingerprint density at radius 1 is 1.14 bits per heavy atom. The molecular formula is C30H32F2N10O2. The van der Waals surface area contributed by atoms with Gasteiger partial charge in [0.2, 0.25) is 0 Å². The number of alkyl halides is 2. The van der Waals surface area contributed by atoms with Gasteiger partial charge < -0.3 is 20.9 Å². The SMILES string of the molecule is CC(C)n1ncc2cc(-c3c(-c4cnn(C)c4)[nH]c4ncc5c(c34)N([C@H]3CC[C@@H]3NC(=O)NCC(F)F)C(=O)NC5)ccc21. The summed E-state index contributed by atoms with van der Waals surface area (Å²) in [6.45, 7) is 3.72. The fourth-order valence-electron chi connectivity index (χ4n) is 6.28. The second-order valence-corrected chi connectivity index (χ2v) is 11.6. The summed E-state index contributed by atoms with van der Waals surface area (Å²) in [6.07, 6.45) is 5.90. The standard InChI is InChI=1S/C30H32F2N10O2/c1-15(2)42-21-6-4-16(8-17(21)11-37-42)24-25-27-18(9-33-28(25)39-26(24)19-12-36-40(3)14-19)10-35-30(44)41(27)22-7-5-20(22)38-29(43)34-13-23(31)32/h4,6,8-9,11-12,14-15,20,22-23H,5,7,10,13H2,1-3H3,(H,33,39)(H,35,44)(H2,34,38,43)/t20-,22-/m0/s1. The van der Waals surface area contributed by atoms with Gasteiger partial charge in [-0.05, 0) is 44.4 Å². The van der Waals surface area contributed by atoms with Gasteiger partial charge in [-0.3, -0.25) is 14.3 Å². The molecule has 5 heterocycles. The molecule has 7 rings (SSSR count). The van der Waals surface area contributed by atoms with Crippen LogP contribution in [0.15, 0.2) is 43.0 Å². The maximum absolute atomic E-state index is 13.6. The molecule has 1 aromatic carbocycles. The molecule has 1 aliphatic heterocycles. The highest BCUT2D eigenvalue weighted by Crippen LogP contribution is 2.46. The van der Waals surface area contributed by atoms with Crippen molar-refractivity contribution >= 4 is 39.7 Å². The summed E-state index contributed by atoms with van der Waals surface area (Å²) in [4.78, 5) is 35.9. The molecule has 0 radical (unpaired) electrons. The molecule has 0 saturated heterocycles. The normalized spacial score (nSPS) is 18.2. The van der Waals surface area contributed by atoms with E-state index in [-0.39, 0.29) is 18.1 Å². The van der Waals surface area contributed by atoms with E-state index in [1.807, 2.05) is 24.1 Å². The van der Waals surface area contributed by atoms with Gasteiger partial charge >= 0.3 is 12.1 Å². The van der Waals surface area contributed by atoms with Gasteiger partial charge in [0.05, 0.1) is 53.3 Å². The van der Waals surface area contributed by atoms with Crippen molar-refractivity contribution in [3.63, 3.8) is 0 Å². The third-order valence-corrected chi connectivity index (χ3v) is 8.43. The molecule has 14 heteroatoms. The highest BCUT2D eigenvalue weighted by Gasteiger charge is 2.43. The molecule has 0 unspecified atom stereocenters. The van der Waals surface area contributed by atoms with Crippen molar-refractivity contribution in [2.24, 2.45) is 7.05 Å². The lowest BCUT2D eigenvalue weighted by Gasteiger charge is -2.46. The number of H-pyrrole nitrogens is 1.